The van der Waals surface area contributed by atoms with Gasteiger partial charge in [-0.3, -0.25) is 14.6 Å². The number of pyridine rings is 1. The highest BCUT2D eigenvalue weighted by Crippen LogP contribution is 2.41. The van der Waals surface area contributed by atoms with Crippen LogP contribution in [0, 0.1) is 5.82 Å². The van der Waals surface area contributed by atoms with Gasteiger partial charge in [0.1, 0.15) is 16.6 Å². The molecular weight excluding hydrogens is 538 g/mol. The number of rotatable bonds is 6. The van der Waals surface area contributed by atoms with Crippen molar-refractivity contribution in [2.45, 2.75) is 28.5 Å². The minimum atomic E-state index is -1.10. The molecule has 0 aliphatic carbocycles. The molecular formula is C27H19Cl2FN2O2S2. The van der Waals surface area contributed by atoms with Gasteiger partial charge in [0.05, 0.1) is 15.7 Å². The number of ketones is 1. The highest BCUT2D eigenvalue weighted by molar-refractivity contribution is 8.01. The molecule has 2 aromatic heterocycles. The number of carbonyl (C=O) groups excluding carboxylic acids is 2. The van der Waals surface area contributed by atoms with E-state index in [9.17, 15) is 14.0 Å². The number of aromatic nitrogens is 1. The molecule has 2 atom stereocenters. The fourth-order valence-electron chi connectivity index (χ4n) is 4.27. The zero-order chi connectivity index (χ0) is 25.3. The summed E-state index contributed by atoms with van der Waals surface area (Å²) in [6.07, 6.45) is 0.415. The van der Waals surface area contributed by atoms with E-state index in [-0.39, 0.29) is 17.2 Å². The molecule has 2 aromatic carbocycles. The molecule has 1 fully saturated rings. The lowest BCUT2D eigenvalue weighted by Gasteiger charge is -2.39. The lowest BCUT2D eigenvalue weighted by atomic mass is 9.79. The molecule has 4 aromatic rings. The predicted octanol–water partition coefficient (Wildman–Crippen LogP) is 6.67. The van der Waals surface area contributed by atoms with Crippen LogP contribution < -0.4 is 5.32 Å². The van der Waals surface area contributed by atoms with Gasteiger partial charge in [0.15, 0.2) is 5.78 Å². The topological polar surface area (TPSA) is 59.1 Å². The van der Waals surface area contributed by atoms with E-state index in [1.165, 1.54) is 23.5 Å². The van der Waals surface area contributed by atoms with Gasteiger partial charge < -0.3 is 5.32 Å². The molecule has 36 heavy (non-hydrogen) atoms. The van der Waals surface area contributed by atoms with Gasteiger partial charge in [0.25, 0.3) is 0 Å². The SMILES string of the molecule is O=C1CC(c2ccsc2)(c2cccc(Cc3ccc(Cl)c(F)c3)n2)NC(=O)C1Sc1ccccc1Cl. The van der Waals surface area contributed by atoms with Crippen molar-refractivity contribution in [3.8, 4) is 0 Å². The number of benzene rings is 2. The highest BCUT2D eigenvalue weighted by atomic mass is 35.5. The quantitative estimate of drug-likeness (QED) is 0.269. The smallest absolute Gasteiger partial charge is 0.242 e. The van der Waals surface area contributed by atoms with E-state index in [1.54, 1.807) is 30.3 Å². The Balaban J connectivity index is 1.48. The predicted molar refractivity (Wildman–Crippen MR) is 142 cm³/mol. The average molecular weight is 557 g/mol. The minimum Gasteiger partial charge on any atom is -0.339 e. The number of hydrogen-bond acceptors (Lipinski definition) is 5. The Labute approximate surface area is 225 Å². The Kier molecular flexibility index (Phi) is 7.17. The van der Waals surface area contributed by atoms with Gasteiger partial charge in [-0.25, -0.2) is 4.39 Å². The third kappa shape index (κ3) is 4.93. The van der Waals surface area contributed by atoms with E-state index in [0.29, 0.717) is 33.3 Å². The molecule has 0 radical (unpaired) electrons. The normalized spacial score (nSPS) is 19.8. The molecule has 0 saturated carbocycles. The van der Waals surface area contributed by atoms with Gasteiger partial charge in [-0.1, -0.05) is 47.5 Å². The van der Waals surface area contributed by atoms with Crippen LogP contribution in [0.15, 0.2) is 82.4 Å². The number of Topliss-reactive ketones (excluding diaryl/α,β-unsaturated/α-hetero) is 1. The van der Waals surface area contributed by atoms with Crippen molar-refractivity contribution < 1.29 is 14.0 Å². The maximum atomic E-state index is 14.0. The largest absolute Gasteiger partial charge is 0.339 e. The van der Waals surface area contributed by atoms with Gasteiger partial charge in [0.2, 0.25) is 5.91 Å². The van der Waals surface area contributed by atoms with Crippen molar-refractivity contribution in [1.82, 2.24) is 10.3 Å². The molecule has 1 N–H and O–H groups in total. The maximum absolute atomic E-state index is 14.0. The molecule has 9 heteroatoms. The number of thiophene rings is 1. The van der Waals surface area contributed by atoms with Gasteiger partial charge >= 0.3 is 0 Å². The standard InChI is InChI=1S/C27H19Cl2FN2O2S2/c28-19-9-8-16(13-21(19)30)12-18-4-3-7-24(31-18)27(17-10-11-35-15-17)14-22(33)25(26(34)32-27)36-23-6-2-1-5-20(23)29/h1-11,13,15,25H,12,14H2,(H,32,34). The Morgan fingerprint density at radius 2 is 1.89 bits per heavy atom. The molecule has 182 valence electrons. The van der Waals surface area contributed by atoms with Crippen LogP contribution in [0.4, 0.5) is 4.39 Å². The number of halogens is 3. The third-order valence-corrected chi connectivity index (χ3v) is 8.77. The fraction of sp³-hybridized carbons (Fsp3) is 0.148. The number of nitrogens with zero attached hydrogens (tertiary/aromatic N) is 1. The Hall–Kier alpha value is -2.71. The molecule has 0 spiro atoms. The van der Waals surface area contributed by atoms with Gasteiger partial charge in [-0.2, -0.15) is 11.3 Å². The molecule has 3 heterocycles. The fourth-order valence-corrected chi connectivity index (χ4v) is 6.35. The first-order chi connectivity index (χ1) is 17.4. The van der Waals surface area contributed by atoms with Crippen molar-refractivity contribution in [3.63, 3.8) is 0 Å². The van der Waals surface area contributed by atoms with Crippen molar-refractivity contribution >= 4 is 58.0 Å². The number of thioether (sulfide) groups is 1. The average Bonchev–Trinajstić information content (AvgIpc) is 3.41. The molecule has 1 amide bonds. The van der Waals surface area contributed by atoms with E-state index in [0.717, 1.165) is 17.3 Å². The Morgan fingerprint density at radius 1 is 1.06 bits per heavy atom. The first-order valence-electron chi connectivity index (χ1n) is 11.0. The second-order valence-corrected chi connectivity index (χ2v) is 11.2. The van der Waals surface area contributed by atoms with Crippen LogP contribution in [-0.2, 0) is 21.5 Å². The molecule has 1 aliphatic rings. The highest BCUT2D eigenvalue weighted by Gasteiger charge is 2.48. The number of piperidine rings is 1. The summed E-state index contributed by atoms with van der Waals surface area (Å²) in [4.78, 5) is 32.3. The molecule has 4 nitrogen and oxygen atoms in total. The van der Waals surface area contributed by atoms with Crippen LogP contribution in [0.1, 0.15) is 28.9 Å². The summed E-state index contributed by atoms with van der Waals surface area (Å²) in [6.45, 7) is 0. The molecule has 5 rings (SSSR count). The molecule has 0 bridgehead atoms. The third-order valence-electron chi connectivity index (χ3n) is 6.02. The van der Waals surface area contributed by atoms with Gasteiger partial charge in [0, 0.05) is 23.4 Å². The van der Waals surface area contributed by atoms with E-state index in [4.69, 9.17) is 28.2 Å². The van der Waals surface area contributed by atoms with Gasteiger partial charge in [-0.15, -0.1) is 11.8 Å². The summed E-state index contributed by atoms with van der Waals surface area (Å²) in [5, 5.41) is 6.57. The van der Waals surface area contributed by atoms with Crippen molar-refractivity contribution in [3.05, 3.63) is 116 Å². The van der Waals surface area contributed by atoms with Crippen molar-refractivity contribution in [2.24, 2.45) is 0 Å². The first kappa shape index (κ1) is 25.0. The second kappa shape index (κ2) is 10.3. The first-order valence-corrected chi connectivity index (χ1v) is 13.6. The number of carbonyl (C=O) groups is 2. The minimum absolute atomic E-state index is 0.0453. The van der Waals surface area contributed by atoms with E-state index >= 15 is 0 Å². The monoisotopic (exact) mass is 556 g/mol. The van der Waals surface area contributed by atoms with Crippen LogP contribution in [0.2, 0.25) is 10.0 Å². The number of nitrogens with one attached hydrogen (secondary N) is 1. The summed E-state index contributed by atoms with van der Waals surface area (Å²) >= 11 is 14.7. The van der Waals surface area contributed by atoms with E-state index in [2.05, 4.69) is 5.32 Å². The molecule has 2 unspecified atom stereocenters. The summed E-state index contributed by atoms with van der Waals surface area (Å²) in [5.41, 5.74) is 1.63. The lowest BCUT2D eigenvalue weighted by molar-refractivity contribution is -0.133. The van der Waals surface area contributed by atoms with Crippen LogP contribution in [0.3, 0.4) is 0 Å². The van der Waals surface area contributed by atoms with E-state index < -0.39 is 22.5 Å². The summed E-state index contributed by atoms with van der Waals surface area (Å²) in [7, 11) is 0. The Morgan fingerprint density at radius 3 is 2.61 bits per heavy atom. The molecule has 1 saturated heterocycles. The lowest BCUT2D eigenvalue weighted by Crippen LogP contribution is -2.58. The second-order valence-electron chi connectivity index (χ2n) is 8.42. The maximum Gasteiger partial charge on any atom is 0.242 e. The van der Waals surface area contributed by atoms with Gasteiger partial charge in [-0.05, 0) is 64.4 Å². The summed E-state index contributed by atoms with van der Waals surface area (Å²) in [5.74, 6) is -1.09. The molecule has 1 aliphatic heterocycles. The van der Waals surface area contributed by atoms with Crippen LogP contribution in [-0.4, -0.2) is 21.9 Å². The van der Waals surface area contributed by atoms with Crippen LogP contribution in [0.25, 0.3) is 0 Å². The van der Waals surface area contributed by atoms with Crippen LogP contribution in [0.5, 0.6) is 0 Å². The zero-order valence-electron chi connectivity index (χ0n) is 18.7. The number of amides is 1. The summed E-state index contributed by atoms with van der Waals surface area (Å²) in [6, 6.07) is 19.1. The zero-order valence-corrected chi connectivity index (χ0v) is 21.9. The Bertz CT molecular complexity index is 1430. The van der Waals surface area contributed by atoms with Crippen molar-refractivity contribution in [1.29, 1.82) is 0 Å². The van der Waals surface area contributed by atoms with E-state index in [1.807, 2.05) is 35.0 Å². The van der Waals surface area contributed by atoms with Crippen LogP contribution >= 0.6 is 46.3 Å². The number of hydrogen-bond donors (Lipinski definition) is 1. The van der Waals surface area contributed by atoms with Crippen molar-refractivity contribution in [2.75, 3.05) is 0 Å². The summed E-state index contributed by atoms with van der Waals surface area (Å²) < 4.78 is 14.0.